The third kappa shape index (κ3) is 2.66. The number of benzene rings is 1. The molecule has 0 heterocycles. The molecule has 1 aromatic carbocycles. The van der Waals surface area contributed by atoms with Gasteiger partial charge in [-0.2, -0.15) is 0 Å². The maximum Gasteiger partial charge on any atom is 0.236 e. The summed E-state index contributed by atoms with van der Waals surface area (Å²) in [4.78, 5) is 10.4. The van der Waals surface area contributed by atoms with Gasteiger partial charge in [-0.1, -0.05) is 6.07 Å². The van der Waals surface area contributed by atoms with E-state index in [1.807, 2.05) is 13.0 Å². The van der Waals surface area contributed by atoms with E-state index >= 15 is 0 Å². The van der Waals surface area contributed by atoms with Crippen molar-refractivity contribution in [2.24, 2.45) is 5.73 Å². The molecule has 0 atom stereocenters. The van der Waals surface area contributed by atoms with Crippen molar-refractivity contribution >= 4 is 11.6 Å². The van der Waals surface area contributed by atoms with Crippen molar-refractivity contribution in [3.63, 3.8) is 0 Å². The quantitative estimate of drug-likeness (QED) is 0.596. The van der Waals surface area contributed by atoms with Crippen molar-refractivity contribution in [1.29, 1.82) is 0 Å². The minimum atomic E-state index is -0.458. The second-order valence-electron chi connectivity index (χ2n) is 2.84. The molecule has 4 nitrogen and oxygen atoms in total. The van der Waals surface area contributed by atoms with Gasteiger partial charge in [0.05, 0.1) is 12.2 Å². The van der Waals surface area contributed by atoms with E-state index in [-0.39, 0.29) is 12.3 Å². The average Bonchev–Trinajstić information content (AvgIpc) is 2.02. The van der Waals surface area contributed by atoms with E-state index in [0.29, 0.717) is 5.69 Å². The molecule has 0 saturated carbocycles. The minimum Gasteiger partial charge on any atom is -0.506 e. The number of carbonyl (C=O) groups excluding carboxylic acids is 1. The Morgan fingerprint density at radius 2 is 2.31 bits per heavy atom. The molecule has 0 aliphatic carbocycles. The highest BCUT2D eigenvalue weighted by Crippen LogP contribution is 2.23. The van der Waals surface area contributed by atoms with Crippen molar-refractivity contribution < 1.29 is 9.90 Å². The number of phenolic OH excluding ortho intramolecular Hbond substituents is 1. The number of nitrogens with one attached hydrogen (secondary N) is 1. The number of anilines is 1. The number of amides is 1. The SMILES string of the molecule is Cc1ccc(NCC(N)=O)c(O)c1. The highest BCUT2D eigenvalue weighted by Gasteiger charge is 2.00. The predicted octanol–water partition coefficient (Wildman–Crippen LogP) is 0.598. The van der Waals surface area contributed by atoms with Crippen molar-refractivity contribution in [1.82, 2.24) is 0 Å². The van der Waals surface area contributed by atoms with E-state index in [0.717, 1.165) is 5.56 Å². The second-order valence-corrected chi connectivity index (χ2v) is 2.84. The topological polar surface area (TPSA) is 75.3 Å². The summed E-state index contributed by atoms with van der Waals surface area (Å²) in [6.45, 7) is 1.90. The molecule has 0 bridgehead atoms. The van der Waals surface area contributed by atoms with E-state index in [1.54, 1.807) is 12.1 Å². The fraction of sp³-hybridized carbons (Fsp3) is 0.222. The van der Waals surface area contributed by atoms with E-state index in [1.165, 1.54) is 0 Å². The van der Waals surface area contributed by atoms with Crippen LogP contribution in [0.5, 0.6) is 5.75 Å². The van der Waals surface area contributed by atoms with Crippen LogP contribution < -0.4 is 11.1 Å². The van der Waals surface area contributed by atoms with Gasteiger partial charge in [-0.15, -0.1) is 0 Å². The van der Waals surface area contributed by atoms with Crippen molar-refractivity contribution in [2.75, 3.05) is 11.9 Å². The highest BCUT2D eigenvalue weighted by molar-refractivity contribution is 5.79. The van der Waals surface area contributed by atoms with Gasteiger partial charge in [0.15, 0.2) is 0 Å². The fourth-order valence-corrected chi connectivity index (χ4v) is 0.974. The molecule has 4 N–H and O–H groups in total. The molecule has 0 aromatic heterocycles. The lowest BCUT2D eigenvalue weighted by Gasteiger charge is -2.06. The summed E-state index contributed by atoms with van der Waals surface area (Å²) >= 11 is 0. The summed E-state index contributed by atoms with van der Waals surface area (Å²) in [6, 6.07) is 5.15. The normalized spacial score (nSPS) is 9.62. The maximum absolute atomic E-state index is 10.4. The largest absolute Gasteiger partial charge is 0.506 e. The molecular weight excluding hydrogens is 168 g/mol. The van der Waals surface area contributed by atoms with Crippen molar-refractivity contribution in [3.8, 4) is 5.75 Å². The van der Waals surface area contributed by atoms with E-state index in [2.05, 4.69) is 5.32 Å². The number of carbonyl (C=O) groups is 1. The number of primary amides is 1. The number of phenols is 1. The summed E-state index contributed by atoms with van der Waals surface area (Å²) in [5.41, 5.74) is 6.42. The van der Waals surface area contributed by atoms with Gasteiger partial charge in [0.2, 0.25) is 5.91 Å². The Morgan fingerprint density at radius 1 is 1.62 bits per heavy atom. The third-order valence-electron chi connectivity index (χ3n) is 1.61. The highest BCUT2D eigenvalue weighted by atomic mass is 16.3. The molecule has 0 spiro atoms. The summed E-state index contributed by atoms with van der Waals surface area (Å²) in [5.74, 6) is -0.332. The van der Waals surface area contributed by atoms with Crippen LogP contribution in [0.4, 0.5) is 5.69 Å². The Balaban J connectivity index is 2.72. The van der Waals surface area contributed by atoms with Crippen LogP contribution in [0.25, 0.3) is 0 Å². The number of hydrogen-bond acceptors (Lipinski definition) is 3. The number of aryl methyl sites for hydroxylation is 1. The van der Waals surface area contributed by atoms with Crippen LogP contribution in [0.1, 0.15) is 5.56 Å². The zero-order chi connectivity index (χ0) is 9.84. The van der Waals surface area contributed by atoms with Crippen molar-refractivity contribution in [2.45, 2.75) is 6.92 Å². The molecule has 0 radical (unpaired) electrons. The first-order valence-corrected chi connectivity index (χ1v) is 3.91. The molecule has 13 heavy (non-hydrogen) atoms. The van der Waals surface area contributed by atoms with Crippen LogP contribution >= 0.6 is 0 Å². The molecule has 0 saturated heterocycles. The smallest absolute Gasteiger partial charge is 0.236 e. The fourth-order valence-electron chi connectivity index (χ4n) is 0.974. The van der Waals surface area contributed by atoms with E-state index < -0.39 is 5.91 Å². The minimum absolute atomic E-state index is 0.0244. The lowest BCUT2D eigenvalue weighted by atomic mass is 10.2. The van der Waals surface area contributed by atoms with Gasteiger partial charge in [0.1, 0.15) is 5.75 Å². The third-order valence-corrected chi connectivity index (χ3v) is 1.61. The Labute approximate surface area is 76.4 Å². The number of hydrogen-bond donors (Lipinski definition) is 3. The van der Waals surface area contributed by atoms with Gasteiger partial charge in [0.25, 0.3) is 0 Å². The van der Waals surface area contributed by atoms with E-state index in [9.17, 15) is 9.90 Å². The summed E-state index contributed by atoms with van der Waals surface area (Å²) in [6.07, 6.45) is 0. The Bertz CT molecular complexity index is 323. The van der Waals surface area contributed by atoms with Crippen LogP contribution in [0.15, 0.2) is 18.2 Å². The van der Waals surface area contributed by atoms with Gasteiger partial charge in [0, 0.05) is 0 Å². The summed E-state index contributed by atoms with van der Waals surface area (Å²) < 4.78 is 0. The Morgan fingerprint density at radius 3 is 2.85 bits per heavy atom. The molecule has 1 amide bonds. The number of aromatic hydroxyl groups is 1. The lowest BCUT2D eigenvalue weighted by molar-refractivity contribution is -0.116. The van der Waals surface area contributed by atoms with Crippen LogP contribution in [0, 0.1) is 6.92 Å². The van der Waals surface area contributed by atoms with Gasteiger partial charge in [-0.25, -0.2) is 0 Å². The Kier molecular flexibility index (Phi) is 2.74. The number of rotatable bonds is 3. The van der Waals surface area contributed by atoms with Crippen molar-refractivity contribution in [3.05, 3.63) is 23.8 Å². The average molecular weight is 180 g/mol. The second kappa shape index (κ2) is 3.80. The standard InChI is InChI=1S/C9H12N2O2/c1-6-2-3-7(8(12)4-6)11-5-9(10)13/h2-4,11-12H,5H2,1H3,(H2,10,13). The lowest BCUT2D eigenvalue weighted by Crippen LogP contribution is -2.21. The first kappa shape index (κ1) is 9.38. The molecule has 0 aliphatic heterocycles. The summed E-state index contributed by atoms with van der Waals surface area (Å²) in [5, 5.41) is 12.1. The molecular formula is C9H12N2O2. The zero-order valence-electron chi connectivity index (χ0n) is 7.37. The van der Waals surface area contributed by atoms with Crippen LogP contribution in [0.2, 0.25) is 0 Å². The van der Waals surface area contributed by atoms with Gasteiger partial charge < -0.3 is 16.2 Å². The van der Waals surface area contributed by atoms with Gasteiger partial charge in [-0.05, 0) is 24.6 Å². The molecule has 0 aliphatic rings. The first-order valence-electron chi connectivity index (χ1n) is 3.91. The van der Waals surface area contributed by atoms with Gasteiger partial charge >= 0.3 is 0 Å². The molecule has 0 unspecified atom stereocenters. The van der Waals surface area contributed by atoms with Gasteiger partial charge in [-0.3, -0.25) is 4.79 Å². The van der Waals surface area contributed by atoms with Crippen LogP contribution in [-0.2, 0) is 4.79 Å². The number of nitrogens with two attached hydrogens (primary N) is 1. The molecule has 0 fully saturated rings. The van der Waals surface area contributed by atoms with Crippen LogP contribution in [0.3, 0.4) is 0 Å². The summed E-state index contributed by atoms with van der Waals surface area (Å²) in [7, 11) is 0. The zero-order valence-corrected chi connectivity index (χ0v) is 7.37. The Hall–Kier alpha value is -1.71. The molecule has 1 rings (SSSR count). The van der Waals surface area contributed by atoms with Crippen LogP contribution in [-0.4, -0.2) is 17.6 Å². The predicted molar refractivity (Wildman–Crippen MR) is 50.5 cm³/mol. The molecule has 70 valence electrons. The monoisotopic (exact) mass is 180 g/mol. The maximum atomic E-state index is 10.4. The first-order chi connectivity index (χ1) is 6.09. The molecule has 4 heteroatoms. The molecule has 1 aromatic rings. The van der Waals surface area contributed by atoms with E-state index in [4.69, 9.17) is 5.73 Å².